The molecule has 1 amide bonds. The molecule has 0 saturated heterocycles. The quantitative estimate of drug-likeness (QED) is 0.844. The largest absolute Gasteiger partial charge is 0.508 e. The molecule has 1 aromatic carbocycles. The molecule has 6 heteroatoms. The maximum absolute atomic E-state index is 11.8. The van der Waals surface area contributed by atoms with Crippen molar-refractivity contribution in [2.45, 2.75) is 12.2 Å². The summed E-state index contributed by atoms with van der Waals surface area (Å²) in [4.78, 5) is 11.8. The number of amides is 1. The van der Waals surface area contributed by atoms with Gasteiger partial charge in [0.25, 0.3) is 0 Å². The van der Waals surface area contributed by atoms with E-state index in [0.29, 0.717) is 5.75 Å². The Morgan fingerprint density at radius 2 is 2.30 bits per heavy atom. The number of fused-ring (bicyclic) bond motifs is 1. The van der Waals surface area contributed by atoms with E-state index >= 15 is 0 Å². The Kier molecular flexibility index (Phi) is 3.17. The average molecular weight is 289 g/mol. The van der Waals surface area contributed by atoms with Gasteiger partial charge in [0.1, 0.15) is 11.6 Å². The van der Waals surface area contributed by atoms with Crippen molar-refractivity contribution in [3.63, 3.8) is 0 Å². The first-order chi connectivity index (χ1) is 9.56. The van der Waals surface area contributed by atoms with Crippen molar-refractivity contribution in [2.24, 2.45) is 7.05 Å². The van der Waals surface area contributed by atoms with Gasteiger partial charge in [0.2, 0.25) is 5.91 Å². The Labute approximate surface area is 121 Å². The summed E-state index contributed by atoms with van der Waals surface area (Å²) in [6, 6.07) is 7.16. The van der Waals surface area contributed by atoms with E-state index in [2.05, 4.69) is 10.4 Å². The second-order valence-corrected chi connectivity index (χ2v) is 5.90. The molecule has 0 unspecified atom stereocenters. The van der Waals surface area contributed by atoms with Crippen LogP contribution in [-0.4, -0.2) is 26.5 Å². The van der Waals surface area contributed by atoms with Crippen molar-refractivity contribution >= 4 is 23.5 Å². The molecule has 2 aromatic rings. The summed E-state index contributed by atoms with van der Waals surface area (Å²) in [5, 5.41) is 17.0. The molecule has 1 atom stereocenters. The number of thioether (sulfide) groups is 1. The van der Waals surface area contributed by atoms with Crippen LogP contribution in [0.3, 0.4) is 0 Å². The first-order valence-corrected chi connectivity index (χ1v) is 7.35. The molecular formula is C14H15N3O2S. The maximum Gasteiger partial charge on any atom is 0.235 e. The number of carbonyl (C=O) groups is 1. The number of benzene rings is 1. The van der Waals surface area contributed by atoms with Gasteiger partial charge in [-0.3, -0.25) is 9.48 Å². The van der Waals surface area contributed by atoms with E-state index in [0.717, 1.165) is 22.6 Å². The molecule has 20 heavy (non-hydrogen) atoms. The number of nitrogens with one attached hydrogen (secondary N) is 1. The number of aromatic hydroxyl groups is 1. The molecule has 0 spiro atoms. The number of anilines is 1. The third-order valence-corrected chi connectivity index (χ3v) is 4.61. The van der Waals surface area contributed by atoms with Crippen molar-refractivity contribution in [2.75, 3.05) is 11.1 Å². The van der Waals surface area contributed by atoms with Crippen molar-refractivity contribution < 1.29 is 9.90 Å². The third-order valence-electron chi connectivity index (χ3n) is 3.34. The van der Waals surface area contributed by atoms with Crippen LogP contribution in [0.15, 0.2) is 24.3 Å². The monoisotopic (exact) mass is 289 g/mol. The van der Waals surface area contributed by atoms with Crippen LogP contribution < -0.4 is 5.32 Å². The number of hydrogen-bond acceptors (Lipinski definition) is 4. The first kappa shape index (κ1) is 13.1. The number of phenolic OH excluding ortho intramolecular Hbond substituents is 1. The van der Waals surface area contributed by atoms with Crippen LogP contribution in [-0.2, 0) is 11.8 Å². The summed E-state index contributed by atoms with van der Waals surface area (Å²) >= 11 is 1.55. The molecule has 0 saturated carbocycles. The predicted octanol–water partition coefficient (Wildman–Crippen LogP) is 2.21. The zero-order chi connectivity index (χ0) is 14.3. The Morgan fingerprint density at radius 1 is 1.50 bits per heavy atom. The highest BCUT2D eigenvalue weighted by molar-refractivity contribution is 8.00. The summed E-state index contributed by atoms with van der Waals surface area (Å²) in [5.74, 6) is 1.33. The Hall–Kier alpha value is -1.95. The topological polar surface area (TPSA) is 67.1 Å². The zero-order valence-corrected chi connectivity index (χ0v) is 12.1. The van der Waals surface area contributed by atoms with E-state index in [1.807, 2.05) is 26.1 Å². The van der Waals surface area contributed by atoms with Gasteiger partial charge in [-0.05, 0) is 24.6 Å². The molecule has 0 aliphatic carbocycles. The van der Waals surface area contributed by atoms with E-state index in [9.17, 15) is 9.90 Å². The molecule has 5 nitrogen and oxygen atoms in total. The second kappa shape index (κ2) is 4.86. The van der Waals surface area contributed by atoms with E-state index in [1.54, 1.807) is 28.6 Å². The van der Waals surface area contributed by atoms with Gasteiger partial charge in [-0.1, -0.05) is 12.1 Å². The lowest BCUT2D eigenvalue weighted by Gasteiger charge is -2.15. The van der Waals surface area contributed by atoms with E-state index in [4.69, 9.17) is 0 Å². The minimum absolute atomic E-state index is 0.00949. The summed E-state index contributed by atoms with van der Waals surface area (Å²) in [6.45, 7) is 1.94. The summed E-state index contributed by atoms with van der Waals surface area (Å²) in [5.41, 5.74) is 2.88. The van der Waals surface area contributed by atoms with Crippen LogP contribution in [0.4, 0.5) is 5.82 Å². The number of aromatic nitrogens is 2. The molecule has 2 N–H and O–H groups in total. The van der Waals surface area contributed by atoms with Crippen molar-refractivity contribution in [3.05, 3.63) is 41.1 Å². The Bertz CT molecular complexity index is 681. The van der Waals surface area contributed by atoms with Gasteiger partial charge in [0.05, 0.1) is 16.7 Å². The SMILES string of the molecule is Cc1nn(C)c2c1[C@@H](c1cccc(O)c1)SCC(=O)N2. The van der Waals surface area contributed by atoms with Crippen LogP contribution in [0.5, 0.6) is 5.75 Å². The van der Waals surface area contributed by atoms with Gasteiger partial charge in [-0.2, -0.15) is 5.10 Å². The fraction of sp³-hybridized carbons (Fsp3) is 0.286. The molecule has 0 radical (unpaired) electrons. The van der Waals surface area contributed by atoms with Gasteiger partial charge in [0.15, 0.2) is 0 Å². The lowest BCUT2D eigenvalue weighted by molar-refractivity contribution is -0.113. The second-order valence-electron chi connectivity index (χ2n) is 4.81. The molecular weight excluding hydrogens is 274 g/mol. The van der Waals surface area contributed by atoms with E-state index in [1.165, 1.54) is 0 Å². The van der Waals surface area contributed by atoms with Gasteiger partial charge in [-0.15, -0.1) is 11.8 Å². The summed E-state index contributed by atoms with van der Waals surface area (Å²) < 4.78 is 1.70. The molecule has 1 aliphatic rings. The van der Waals surface area contributed by atoms with Gasteiger partial charge in [0, 0.05) is 12.6 Å². The first-order valence-electron chi connectivity index (χ1n) is 6.30. The molecule has 3 rings (SSSR count). The van der Waals surface area contributed by atoms with Gasteiger partial charge < -0.3 is 10.4 Å². The number of carbonyl (C=O) groups excluding carboxylic acids is 1. The summed E-state index contributed by atoms with van der Waals surface area (Å²) in [6.07, 6.45) is 0. The van der Waals surface area contributed by atoms with Crippen LogP contribution in [0.2, 0.25) is 0 Å². The lowest BCUT2D eigenvalue weighted by atomic mass is 10.0. The molecule has 2 heterocycles. The van der Waals surface area contributed by atoms with Crippen LogP contribution in [0, 0.1) is 6.92 Å². The molecule has 0 fully saturated rings. The lowest BCUT2D eigenvalue weighted by Crippen LogP contribution is -2.15. The summed E-state index contributed by atoms with van der Waals surface area (Å²) in [7, 11) is 1.82. The molecule has 1 aromatic heterocycles. The Balaban J connectivity index is 2.15. The molecule has 104 valence electrons. The predicted molar refractivity (Wildman–Crippen MR) is 79.0 cm³/mol. The highest BCUT2D eigenvalue weighted by atomic mass is 32.2. The minimum atomic E-state index is -0.0260. The average Bonchev–Trinajstić information content (AvgIpc) is 2.59. The fourth-order valence-electron chi connectivity index (χ4n) is 2.50. The number of nitrogens with zero attached hydrogens (tertiary/aromatic N) is 2. The highest BCUT2D eigenvalue weighted by Crippen LogP contribution is 2.43. The highest BCUT2D eigenvalue weighted by Gasteiger charge is 2.29. The van der Waals surface area contributed by atoms with E-state index in [-0.39, 0.29) is 16.9 Å². The standard InChI is InChI=1S/C14H15N3O2S/c1-8-12-13(9-4-3-5-10(18)6-9)20-7-11(19)15-14(12)17(2)16-8/h3-6,13,18H,7H2,1-2H3,(H,15,19)/t13-/m1/s1. The van der Waals surface area contributed by atoms with Gasteiger partial charge in [-0.25, -0.2) is 0 Å². The van der Waals surface area contributed by atoms with Crippen molar-refractivity contribution in [3.8, 4) is 5.75 Å². The van der Waals surface area contributed by atoms with Crippen LogP contribution in [0.1, 0.15) is 22.1 Å². The smallest absolute Gasteiger partial charge is 0.235 e. The number of hydrogen-bond donors (Lipinski definition) is 2. The van der Waals surface area contributed by atoms with Crippen LogP contribution >= 0.6 is 11.8 Å². The number of aryl methyl sites for hydroxylation is 2. The fourth-order valence-corrected chi connectivity index (χ4v) is 3.68. The van der Waals surface area contributed by atoms with Gasteiger partial charge >= 0.3 is 0 Å². The van der Waals surface area contributed by atoms with Crippen LogP contribution in [0.25, 0.3) is 0 Å². The minimum Gasteiger partial charge on any atom is -0.508 e. The molecule has 1 aliphatic heterocycles. The normalized spacial score (nSPS) is 18.3. The van der Waals surface area contributed by atoms with Crippen molar-refractivity contribution in [1.82, 2.24) is 9.78 Å². The number of rotatable bonds is 1. The maximum atomic E-state index is 11.8. The zero-order valence-electron chi connectivity index (χ0n) is 11.3. The number of phenols is 1. The van der Waals surface area contributed by atoms with E-state index < -0.39 is 0 Å². The third kappa shape index (κ3) is 2.16. The Morgan fingerprint density at radius 3 is 3.05 bits per heavy atom. The van der Waals surface area contributed by atoms with Crippen molar-refractivity contribution in [1.29, 1.82) is 0 Å². The molecule has 0 bridgehead atoms.